The largest absolute Gasteiger partial charge is 0.452 e. The molecule has 0 saturated carbocycles. The van der Waals surface area contributed by atoms with Gasteiger partial charge >= 0.3 is 5.97 Å². The Kier molecular flexibility index (Phi) is 5.15. The lowest BCUT2D eigenvalue weighted by Gasteiger charge is -2.15. The van der Waals surface area contributed by atoms with E-state index in [2.05, 4.69) is 11.2 Å². The molecule has 1 aromatic carbocycles. The zero-order valence-electron chi connectivity index (χ0n) is 12.0. The Morgan fingerprint density at radius 3 is 2.64 bits per heavy atom. The second kappa shape index (κ2) is 7.27. The number of esters is 1. The van der Waals surface area contributed by atoms with Gasteiger partial charge in [0.25, 0.3) is 5.91 Å². The lowest BCUT2D eigenvalue weighted by Crippen LogP contribution is -2.29. The molecule has 0 aromatic heterocycles. The highest BCUT2D eigenvalue weighted by Gasteiger charge is 2.21. The Morgan fingerprint density at radius 2 is 2.05 bits per heavy atom. The average molecular weight is 300 g/mol. The number of amides is 2. The smallest absolute Gasteiger partial charge is 0.338 e. The van der Waals surface area contributed by atoms with Crippen LogP contribution in [0.15, 0.2) is 24.3 Å². The van der Waals surface area contributed by atoms with E-state index in [-0.39, 0.29) is 19.1 Å². The molecule has 1 aliphatic heterocycles. The van der Waals surface area contributed by atoms with Gasteiger partial charge in [-0.1, -0.05) is 5.92 Å². The first-order chi connectivity index (χ1) is 10.6. The third-order valence-electron chi connectivity index (χ3n) is 3.21. The van der Waals surface area contributed by atoms with Crippen molar-refractivity contribution in [3.63, 3.8) is 0 Å². The second-order valence-electron chi connectivity index (χ2n) is 4.75. The molecule has 114 valence electrons. The van der Waals surface area contributed by atoms with Gasteiger partial charge in [-0.05, 0) is 30.7 Å². The van der Waals surface area contributed by atoms with Crippen LogP contribution in [0.4, 0.5) is 5.69 Å². The van der Waals surface area contributed by atoms with Crippen molar-refractivity contribution in [3.05, 3.63) is 29.8 Å². The summed E-state index contributed by atoms with van der Waals surface area (Å²) >= 11 is 0. The number of benzene rings is 1. The molecule has 1 N–H and O–H groups in total. The van der Waals surface area contributed by atoms with Crippen molar-refractivity contribution in [3.8, 4) is 12.3 Å². The van der Waals surface area contributed by atoms with Gasteiger partial charge in [0.2, 0.25) is 5.91 Å². The van der Waals surface area contributed by atoms with E-state index in [1.165, 1.54) is 0 Å². The van der Waals surface area contributed by atoms with Gasteiger partial charge in [0, 0.05) is 18.7 Å². The fourth-order valence-electron chi connectivity index (χ4n) is 2.11. The number of terminal acetylenes is 1. The summed E-state index contributed by atoms with van der Waals surface area (Å²) in [4.78, 5) is 36.4. The fraction of sp³-hybridized carbons (Fsp3) is 0.312. The van der Waals surface area contributed by atoms with Gasteiger partial charge in [-0.2, -0.15) is 0 Å². The summed E-state index contributed by atoms with van der Waals surface area (Å²) < 4.78 is 4.87. The standard InChI is InChI=1S/C16H16N2O4/c1-2-9-17-14(19)11-22-16(21)12-5-7-13(8-6-12)18-10-3-4-15(18)20/h1,5-8H,3-4,9-11H2,(H,17,19). The number of anilines is 1. The van der Waals surface area contributed by atoms with Crippen LogP contribution in [-0.2, 0) is 14.3 Å². The van der Waals surface area contributed by atoms with Gasteiger partial charge in [0.15, 0.2) is 6.61 Å². The summed E-state index contributed by atoms with van der Waals surface area (Å²) in [5.74, 6) is 1.28. The number of carbonyl (C=O) groups excluding carboxylic acids is 3. The van der Waals surface area contributed by atoms with Crippen molar-refractivity contribution in [2.24, 2.45) is 0 Å². The topological polar surface area (TPSA) is 75.7 Å². The third-order valence-corrected chi connectivity index (χ3v) is 3.21. The molecule has 0 atom stereocenters. The van der Waals surface area contributed by atoms with Crippen LogP contribution in [-0.4, -0.2) is 37.5 Å². The first kappa shape index (κ1) is 15.6. The van der Waals surface area contributed by atoms with E-state index < -0.39 is 11.9 Å². The number of nitrogens with one attached hydrogen (secondary N) is 1. The van der Waals surface area contributed by atoms with Crippen molar-refractivity contribution in [2.45, 2.75) is 12.8 Å². The molecule has 22 heavy (non-hydrogen) atoms. The third kappa shape index (κ3) is 3.85. The Morgan fingerprint density at radius 1 is 1.32 bits per heavy atom. The number of rotatable bonds is 5. The monoisotopic (exact) mass is 300 g/mol. The Balaban J connectivity index is 1.90. The Hall–Kier alpha value is -2.81. The van der Waals surface area contributed by atoms with Gasteiger partial charge in [-0.25, -0.2) is 4.79 Å². The molecule has 2 rings (SSSR count). The van der Waals surface area contributed by atoms with Crippen LogP contribution in [0.1, 0.15) is 23.2 Å². The maximum atomic E-state index is 11.8. The normalized spacial score (nSPS) is 13.6. The second-order valence-corrected chi connectivity index (χ2v) is 4.75. The van der Waals surface area contributed by atoms with Crippen LogP contribution in [0.25, 0.3) is 0 Å². The highest BCUT2D eigenvalue weighted by atomic mass is 16.5. The lowest BCUT2D eigenvalue weighted by atomic mass is 10.2. The van der Waals surface area contributed by atoms with Crippen LogP contribution in [0.5, 0.6) is 0 Å². The van der Waals surface area contributed by atoms with E-state index in [4.69, 9.17) is 11.2 Å². The van der Waals surface area contributed by atoms with Crippen LogP contribution >= 0.6 is 0 Å². The van der Waals surface area contributed by atoms with Crippen molar-refractivity contribution >= 4 is 23.5 Å². The summed E-state index contributed by atoms with van der Waals surface area (Å²) in [6.07, 6.45) is 6.39. The molecular weight excluding hydrogens is 284 g/mol. The molecule has 0 bridgehead atoms. The Labute approximate surface area is 128 Å². The zero-order chi connectivity index (χ0) is 15.9. The predicted molar refractivity (Wildman–Crippen MR) is 80.2 cm³/mol. The quantitative estimate of drug-likeness (QED) is 0.642. The van der Waals surface area contributed by atoms with Gasteiger partial charge in [-0.15, -0.1) is 6.42 Å². The molecule has 6 heteroatoms. The van der Waals surface area contributed by atoms with Crippen molar-refractivity contribution in [1.29, 1.82) is 0 Å². The van der Waals surface area contributed by atoms with Gasteiger partial charge in [0.05, 0.1) is 12.1 Å². The molecule has 1 fully saturated rings. The van der Waals surface area contributed by atoms with E-state index >= 15 is 0 Å². The van der Waals surface area contributed by atoms with Gasteiger partial charge < -0.3 is 15.0 Å². The van der Waals surface area contributed by atoms with E-state index in [9.17, 15) is 14.4 Å². The van der Waals surface area contributed by atoms with Crippen molar-refractivity contribution in [1.82, 2.24) is 5.32 Å². The molecule has 2 amide bonds. The predicted octanol–water partition coefficient (Wildman–Crippen LogP) is 0.720. The van der Waals surface area contributed by atoms with Crippen molar-refractivity contribution < 1.29 is 19.1 Å². The van der Waals surface area contributed by atoms with E-state index in [1.807, 2.05) is 0 Å². The van der Waals surface area contributed by atoms with Crippen LogP contribution in [0.2, 0.25) is 0 Å². The zero-order valence-corrected chi connectivity index (χ0v) is 12.0. The van der Waals surface area contributed by atoms with E-state index in [0.717, 1.165) is 12.1 Å². The summed E-state index contributed by atoms with van der Waals surface area (Å²) in [5.41, 5.74) is 1.07. The minimum absolute atomic E-state index is 0.0838. The number of hydrogen-bond donors (Lipinski definition) is 1. The van der Waals surface area contributed by atoms with E-state index in [1.54, 1.807) is 29.2 Å². The van der Waals surface area contributed by atoms with Crippen LogP contribution in [0.3, 0.4) is 0 Å². The van der Waals surface area contributed by atoms with E-state index in [0.29, 0.717) is 18.5 Å². The molecule has 0 spiro atoms. The molecule has 0 unspecified atom stereocenters. The molecular formula is C16H16N2O4. The first-order valence-corrected chi connectivity index (χ1v) is 6.89. The molecule has 0 aliphatic carbocycles. The maximum Gasteiger partial charge on any atom is 0.338 e. The minimum atomic E-state index is -0.602. The maximum absolute atomic E-state index is 11.8. The first-order valence-electron chi connectivity index (χ1n) is 6.89. The lowest BCUT2D eigenvalue weighted by molar-refractivity contribution is -0.124. The molecule has 6 nitrogen and oxygen atoms in total. The summed E-state index contributed by atoms with van der Waals surface area (Å²) in [6.45, 7) is 0.403. The molecule has 0 radical (unpaired) electrons. The fourth-order valence-corrected chi connectivity index (χ4v) is 2.11. The molecule has 1 heterocycles. The number of ether oxygens (including phenoxy) is 1. The number of hydrogen-bond acceptors (Lipinski definition) is 4. The molecule has 1 aromatic rings. The highest BCUT2D eigenvalue weighted by molar-refractivity contribution is 5.96. The molecule has 1 saturated heterocycles. The minimum Gasteiger partial charge on any atom is -0.452 e. The van der Waals surface area contributed by atoms with Gasteiger partial charge in [0.1, 0.15) is 0 Å². The number of carbonyl (C=O) groups is 3. The summed E-state index contributed by atoms with van der Waals surface area (Å²) in [6, 6.07) is 6.53. The summed E-state index contributed by atoms with van der Waals surface area (Å²) in [5, 5.41) is 2.39. The molecule has 1 aliphatic rings. The van der Waals surface area contributed by atoms with Crippen LogP contribution < -0.4 is 10.2 Å². The summed E-state index contributed by atoms with van der Waals surface area (Å²) in [7, 11) is 0. The van der Waals surface area contributed by atoms with Crippen LogP contribution in [0, 0.1) is 12.3 Å². The number of nitrogens with zero attached hydrogens (tertiary/aromatic N) is 1. The van der Waals surface area contributed by atoms with Crippen molar-refractivity contribution in [2.75, 3.05) is 24.6 Å². The average Bonchev–Trinajstić information content (AvgIpc) is 2.96. The SMILES string of the molecule is C#CCNC(=O)COC(=O)c1ccc(N2CCCC2=O)cc1. The highest BCUT2D eigenvalue weighted by Crippen LogP contribution is 2.21. The Bertz CT molecular complexity index is 616. The van der Waals surface area contributed by atoms with Gasteiger partial charge in [-0.3, -0.25) is 9.59 Å².